The highest BCUT2D eigenvalue weighted by Crippen LogP contribution is 2.48. The third-order valence-corrected chi connectivity index (χ3v) is 10.4. The van der Waals surface area contributed by atoms with Crippen LogP contribution >= 0.6 is 0 Å². The summed E-state index contributed by atoms with van der Waals surface area (Å²) >= 11 is 0. The van der Waals surface area contributed by atoms with Gasteiger partial charge in [0.2, 0.25) is 0 Å². The summed E-state index contributed by atoms with van der Waals surface area (Å²) in [6, 6.07) is 52.2. The summed E-state index contributed by atoms with van der Waals surface area (Å²) < 4.78 is 0. The van der Waals surface area contributed by atoms with E-state index in [1.165, 1.54) is 83.2 Å². The van der Waals surface area contributed by atoms with Gasteiger partial charge in [-0.15, -0.1) is 0 Å². The molecule has 2 heteroatoms. The first-order valence-corrected chi connectivity index (χ1v) is 17.1. The molecule has 2 aliphatic rings. The largest absolute Gasteiger partial charge is 0.341 e. The van der Waals surface area contributed by atoms with Gasteiger partial charge in [-0.25, -0.2) is 0 Å². The minimum absolute atomic E-state index is 1.03. The molecular weight excluding hydrogens is 569 g/mol. The number of aryl methyl sites for hydroxylation is 3. The lowest BCUT2D eigenvalue weighted by molar-refractivity contribution is 0.767. The van der Waals surface area contributed by atoms with Crippen LogP contribution in [0.15, 0.2) is 140 Å². The molecule has 7 aromatic carbocycles. The minimum atomic E-state index is 1.03. The monoisotopic (exact) mass is 606 g/mol. The van der Waals surface area contributed by atoms with Crippen LogP contribution in [0.2, 0.25) is 0 Å². The number of hydrogen-bond donors (Lipinski definition) is 0. The van der Waals surface area contributed by atoms with Crippen molar-refractivity contribution in [3.05, 3.63) is 156 Å². The van der Waals surface area contributed by atoms with Gasteiger partial charge < -0.3 is 9.80 Å². The SMILES string of the molecule is Cc1ccccc1-c1c2ccc(N3CCCc4ccccc43)cc2c(-c2ccccc2)c2ccc(N3CCCc4ccccc43)cc12. The van der Waals surface area contributed by atoms with Crippen LogP contribution in [-0.4, -0.2) is 13.1 Å². The fourth-order valence-electron chi connectivity index (χ4n) is 8.20. The van der Waals surface area contributed by atoms with Gasteiger partial charge in [0, 0.05) is 35.8 Å². The Morgan fingerprint density at radius 1 is 0.447 bits per heavy atom. The standard InChI is InChI=1S/C45H38N2/c1-31-13-5-8-20-37(31)45-39-26-24-35(46-27-11-18-32-14-6-9-21-42(32)46)29-40(39)44(34-16-3-2-4-17-34)38-25-23-36(30-41(38)45)47-28-12-19-33-15-7-10-22-43(33)47/h2-10,13-17,20-26,29-30H,11-12,18-19,27-28H2,1H3. The topological polar surface area (TPSA) is 6.48 Å². The summed E-state index contributed by atoms with van der Waals surface area (Å²) in [7, 11) is 0. The summed E-state index contributed by atoms with van der Waals surface area (Å²) in [6.07, 6.45) is 4.60. The maximum absolute atomic E-state index is 2.53. The highest BCUT2D eigenvalue weighted by molar-refractivity contribution is 6.22. The van der Waals surface area contributed by atoms with Gasteiger partial charge in [0.1, 0.15) is 0 Å². The van der Waals surface area contributed by atoms with Gasteiger partial charge in [0.15, 0.2) is 0 Å². The van der Waals surface area contributed by atoms with E-state index in [4.69, 9.17) is 0 Å². The predicted octanol–water partition coefficient (Wildman–Crippen LogP) is 11.8. The van der Waals surface area contributed by atoms with Crippen molar-refractivity contribution >= 4 is 44.3 Å². The van der Waals surface area contributed by atoms with Gasteiger partial charge in [0.25, 0.3) is 0 Å². The molecule has 0 spiro atoms. The molecule has 0 aromatic heterocycles. The van der Waals surface area contributed by atoms with E-state index in [-0.39, 0.29) is 0 Å². The Balaban J connectivity index is 1.36. The van der Waals surface area contributed by atoms with Gasteiger partial charge in [-0.2, -0.15) is 0 Å². The highest BCUT2D eigenvalue weighted by Gasteiger charge is 2.24. The van der Waals surface area contributed by atoms with E-state index in [0.29, 0.717) is 0 Å². The molecule has 0 N–H and O–H groups in total. The zero-order valence-corrected chi connectivity index (χ0v) is 26.9. The maximum Gasteiger partial charge on any atom is 0.0443 e. The highest BCUT2D eigenvalue weighted by atomic mass is 15.1. The lowest BCUT2D eigenvalue weighted by Gasteiger charge is -2.32. The van der Waals surface area contributed by atoms with Crippen molar-refractivity contribution in [3.63, 3.8) is 0 Å². The van der Waals surface area contributed by atoms with Gasteiger partial charge in [-0.1, -0.05) is 103 Å². The van der Waals surface area contributed by atoms with Gasteiger partial charge in [-0.3, -0.25) is 0 Å². The molecular formula is C45H38N2. The number of benzene rings is 7. The number of rotatable bonds is 4. The van der Waals surface area contributed by atoms with Gasteiger partial charge >= 0.3 is 0 Å². The fraction of sp³-hybridized carbons (Fsp3) is 0.156. The second-order valence-corrected chi connectivity index (χ2v) is 13.2. The molecule has 0 fully saturated rings. The van der Waals surface area contributed by atoms with Crippen molar-refractivity contribution in [2.75, 3.05) is 22.9 Å². The molecule has 47 heavy (non-hydrogen) atoms. The molecule has 2 heterocycles. The Bertz CT molecular complexity index is 2280. The normalized spacial score (nSPS) is 14.3. The third-order valence-electron chi connectivity index (χ3n) is 10.4. The van der Waals surface area contributed by atoms with Crippen LogP contribution in [0.25, 0.3) is 43.8 Å². The first-order valence-electron chi connectivity index (χ1n) is 17.1. The van der Waals surface area contributed by atoms with Crippen molar-refractivity contribution in [1.82, 2.24) is 0 Å². The molecule has 228 valence electrons. The van der Waals surface area contributed by atoms with E-state index >= 15 is 0 Å². The van der Waals surface area contributed by atoms with E-state index in [9.17, 15) is 0 Å². The summed E-state index contributed by atoms with van der Waals surface area (Å²) in [4.78, 5) is 5.06. The van der Waals surface area contributed by atoms with Crippen LogP contribution in [0.4, 0.5) is 22.7 Å². The number of fused-ring (bicyclic) bond motifs is 4. The van der Waals surface area contributed by atoms with E-state index < -0.39 is 0 Å². The lowest BCUT2D eigenvalue weighted by Crippen LogP contribution is -2.24. The quantitative estimate of drug-likeness (QED) is 0.184. The minimum Gasteiger partial charge on any atom is -0.341 e. The maximum atomic E-state index is 2.53. The molecule has 0 aliphatic carbocycles. The fourth-order valence-corrected chi connectivity index (χ4v) is 8.20. The average Bonchev–Trinajstić information content (AvgIpc) is 3.13. The Morgan fingerprint density at radius 2 is 0.957 bits per heavy atom. The smallest absolute Gasteiger partial charge is 0.0443 e. The van der Waals surface area contributed by atoms with Crippen molar-refractivity contribution in [2.24, 2.45) is 0 Å². The van der Waals surface area contributed by atoms with Crippen LogP contribution in [0.5, 0.6) is 0 Å². The summed E-state index contributed by atoms with van der Waals surface area (Å²) in [6.45, 7) is 4.31. The molecule has 9 rings (SSSR count). The summed E-state index contributed by atoms with van der Waals surface area (Å²) in [5.74, 6) is 0. The first-order chi connectivity index (χ1) is 23.2. The van der Waals surface area contributed by atoms with Crippen LogP contribution in [0.3, 0.4) is 0 Å². The Hall–Kier alpha value is -5.34. The zero-order valence-electron chi connectivity index (χ0n) is 26.9. The number of nitrogens with zero attached hydrogens (tertiary/aromatic N) is 2. The molecule has 0 bridgehead atoms. The van der Waals surface area contributed by atoms with E-state index in [0.717, 1.165) is 38.8 Å². The van der Waals surface area contributed by atoms with Crippen molar-refractivity contribution < 1.29 is 0 Å². The second-order valence-electron chi connectivity index (χ2n) is 13.2. The number of para-hydroxylation sites is 2. The molecule has 7 aromatic rings. The molecule has 0 radical (unpaired) electrons. The van der Waals surface area contributed by atoms with Crippen molar-refractivity contribution in [2.45, 2.75) is 32.6 Å². The lowest BCUT2D eigenvalue weighted by atomic mass is 9.84. The molecule has 2 nitrogen and oxygen atoms in total. The Morgan fingerprint density at radius 3 is 1.57 bits per heavy atom. The first kappa shape index (κ1) is 27.9. The summed E-state index contributed by atoms with van der Waals surface area (Å²) in [5.41, 5.74) is 14.6. The van der Waals surface area contributed by atoms with Crippen LogP contribution < -0.4 is 9.80 Å². The predicted molar refractivity (Wildman–Crippen MR) is 201 cm³/mol. The molecule has 0 unspecified atom stereocenters. The van der Waals surface area contributed by atoms with Crippen LogP contribution in [-0.2, 0) is 12.8 Å². The number of anilines is 4. The van der Waals surface area contributed by atoms with E-state index in [1.807, 2.05) is 0 Å². The summed E-state index contributed by atoms with van der Waals surface area (Å²) in [5, 5.41) is 5.21. The van der Waals surface area contributed by atoms with Gasteiger partial charge in [-0.05, 0) is 129 Å². The Kier molecular flexibility index (Phi) is 6.82. The van der Waals surface area contributed by atoms with Crippen molar-refractivity contribution in [1.29, 1.82) is 0 Å². The Labute approximate surface area is 277 Å². The van der Waals surface area contributed by atoms with E-state index in [2.05, 4.69) is 156 Å². The molecule has 2 aliphatic heterocycles. The molecule has 0 saturated carbocycles. The molecule has 0 amide bonds. The molecule has 0 atom stereocenters. The molecule has 0 saturated heterocycles. The van der Waals surface area contributed by atoms with Crippen LogP contribution in [0.1, 0.15) is 29.5 Å². The average molecular weight is 607 g/mol. The van der Waals surface area contributed by atoms with Gasteiger partial charge in [0.05, 0.1) is 0 Å². The zero-order chi connectivity index (χ0) is 31.3. The van der Waals surface area contributed by atoms with Crippen molar-refractivity contribution in [3.8, 4) is 22.3 Å². The third kappa shape index (κ3) is 4.70. The number of hydrogen-bond acceptors (Lipinski definition) is 2. The van der Waals surface area contributed by atoms with Crippen LogP contribution in [0, 0.1) is 6.92 Å². The van der Waals surface area contributed by atoms with E-state index in [1.54, 1.807) is 0 Å². The second kappa shape index (κ2) is 11.5.